The molecule has 0 N–H and O–H groups in total. The van der Waals surface area contributed by atoms with Gasteiger partial charge in [-0.15, -0.1) is 0 Å². The molecule has 0 radical (unpaired) electrons. The molecule has 258 valence electrons. The molecule has 0 aliphatic carbocycles. The summed E-state index contributed by atoms with van der Waals surface area (Å²) in [7, 11) is 11.0. The quantitative estimate of drug-likeness (QED) is 0.124. The molecule has 2 heterocycles. The average molecular weight is 667 g/mol. The molecule has 0 saturated carbocycles. The Morgan fingerprint density at radius 2 is 1.10 bits per heavy atom. The second-order valence-corrected chi connectivity index (χ2v) is 12.8. The molecule has 6 rings (SSSR count). The Morgan fingerprint density at radius 3 is 1.65 bits per heavy atom. The van der Waals surface area contributed by atoms with Crippen LogP contribution >= 0.6 is 0 Å². The maximum Gasteiger partial charge on any atom is 0.308 e. The van der Waals surface area contributed by atoms with Crippen LogP contribution in [0, 0.1) is 0 Å². The molecular weight excluding hydrogens is 620 g/mol. The van der Waals surface area contributed by atoms with Crippen LogP contribution < -0.4 is 28.4 Å². The molecule has 4 aromatic rings. The Kier molecular flexibility index (Phi) is 10.3. The van der Waals surface area contributed by atoms with Gasteiger partial charge in [0.1, 0.15) is 5.75 Å². The topological polar surface area (TPSA) is 78.9 Å². The van der Waals surface area contributed by atoms with Gasteiger partial charge in [-0.1, -0.05) is 18.2 Å². The van der Waals surface area contributed by atoms with E-state index in [0.29, 0.717) is 35.2 Å². The number of hydrogen-bond donors (Lipinski definition) is 0. The van der Waals surface area contributed by atoms with E-state index in [2.05, 4.69) is 60.3 Å². The van der Waals surface area contributed by atoms with Gasteiger partial charge < -0.3 is 28.4 Å². The summed E-state index contributed by atoms with van der Waals surface area (Å²) in [5.41, 5.74) is 7.15. The zero-order valence-corrected chi connectivity index (χ0v) is 29.5. The summed E-state index contributed by atoms with van der Waals surface area (Å²) in [5.74, 6) is 3.88. The van der Waals surface area contributed by atoms with Crippen molar-refractivity contribution in [1.82, 2.24) is 9.80 Å². The molecule has 0 spiro atoms. The third kappa shape index (κ3) is 7.33. The molecule has 0 fully saturated rings. The standard InChI is InChI=1S/C40H46N2O7/c1-25(43)48-35-13-10-27(19-34-31-23-38(47-7)36(45-5)21-28(31)14-17-42(34)3)20-39(35)49-40-24-32-29(22-37(40)46-6)15-16-41(2)33(32)18-26-8-11-30(44-4)12-9-26/h8-13,20-24,33-34H,14-19H2,1-7H3/t33-,34+/m0/s1. The summed E-state index contributed by atoms with van der Waals surface area (Å²) in [5, 5.41) is 0. The third-order valence-corrected chi connectivity index (χ3v) is 9.82. The Morgan fingerprint density at radius 1 is 0.612 bits per heavy atom. The Hall–Kier alpha value is -4.73. The summed E-state index contributed by atoms with van der Waals surface area (Å²) in [6.07, 6.45) is 3.38. The fourth-order valence-corrected chi connectivity index (χ4v) is 7.08. The number of fused-ring (bicyclic) bond motifs is 2. The lowest BCUT2D eigenvalue weighted by Gasteiger charge is -2.35. The van der Waals surface area contributed by atoms with Gasteiger partial charge in [-0.25, -0.2) is 0 Å². The Bertz CT molecular complexity index is 1810. The number of benzene rings is 4. The number of ether oxygens (including phenoxy) is 6. The van der Waals surface area contributed by atoms with E-state index in [-0.39, 0.29) is 12.1 Å². The zero-order chi connectivity index (χ0) is 34.7. The van der Waals surface area contributed by atoms with Crippen molar-refractivity contribution in [1.29, 1.82) is 0 Å². The summed E-state index contributed by atoms with van der Waals surface area (Å²) in [6.45, 7) is 3.25. The van der Waals surface area contributed by atoms with E-state index in [1.807, 2.05) is 30.3 Å². The van der Waals surface area contributed by atoms with Crippen molar-refractivity contribution in [2.24, 2.45) is 0 Å². The molecule has 0 unspecified atom stereocenters. The molecular formula is C40H46N2O7. The van der Waals surface area contributed by atoms with Crippen LogP contribution in [0.15, 0.2) is 66.7 Å². The van der Waals surface area contributed by atoms with Crippen molar-refractivity contribution in [3.05, 3.63) is 100 Å². The SMILES string of the molecule is COc1ccc(C[C@H]2c3cc(Oc4cc(C[C@@H]5c6cc(OC)c(OC)cc6CCN5C)ccc4OC(C)=O)c(OC)cc3CCN2C)cc1. The predicted molar refractivity (Wildman–Crippen MR) is 189 cm³/mol. The van der Waals surface area contributed by atoms with Gasteiger partial charge >= 0.3 is 5.97 Å². The normalized spacial score (nSPS) is 17.4. The van der Waals surface area contributed by atoms with Crippen LogP contribution in [0.1, 0.15) is 52.4 Å². The van der Waals surface area contributed by atoms with Crippen LogP contribution in [0.25, 0.3) is 0 Å². The highest BCUT2D eigenvalue weighted by Crippen LogP contribution is 2.44. The van der Waals surface area contributed by atoms with Crippen LogP contribution in [0.4, 0.5) is 0 Å². The van der Waals surface area contributed by atoms with Gasteiger partial charge in [0.25, 0.3) is 0 Å². The van der Waals surface area contributed by atoms with E-state index < -0.39 is 5.97 Å². The summed E-state index contributed by atoms with van der Waals surface area (Å²) >= 11 is 0. The lowest BCUT2D eigenvalue weighted by Crippen LogP contribution is -2.33. The van der Waals surface area contributed by atoms with E-state index >= 15 is 0 Å². The number of hydrogen-bond acceptors (Lipinski definition) is 9. The van der Waals surface area contributed by atoms with Crippen LogP contribution in [0.2, 0.25) is 0 Å². The van der Waals surface area contributed by atoms with Crippen molar-refractivity contribution < 1.29 is 33.2 Å². The highest BCUT2D eigenvalue weighted by atomic mass is 16.6. The fraction of sp³-hybridized carbons (Fsp3) is 0.375. The summed E-state index contributed by atoms with van der Waals surface area (Å²) < 4.78 is 34.8. The number of methoxy groups -OCH3 is 4. The van der Waals surface area contributed by atoms with Crippen molar-refractivity contribution in [2.75, 3.05) is 55.6 Å². The van der Waals surface area contributed by atoms with Gasteiger partial charge in [0.05, 0.1) is 28.4 Å². The van der Waals surface area contributed by atoms with Gasteiger partial charge in [-0.2, -0.15) is 0 Å². The van der Waals surface area contributed by atoms with E-state index in [0.717, 1.165) is 49.4 Å². The number of nitrogens with zero attached hydrogens (tertiary/aromatic N) is 2. The first-order chi connectivity index (χ1) is 23.7. The zero-order valence-electron chi connectivity index (χ0n) is 29.5. The van der Waals surface area contributed by atoms with Crippen molar-refractivity contribution >= 4 is 5.97 Å². The number of carbonyl (C=O) groups is 1. The van der Waals surface area contributed by atoms with E-state index in [1.165, 1.54) is 34.7 Å². The molecule has 0 bridgehead atoms. The van der Waals surface area contributed by atoms with Crippen LogP contribution in [0.5, 0.6) is 40.2 Å². The Labute approximate surface area is 289 Å². The smallest absolute Gasteiger partial charge is 0.308 e. The number of carbonyl (C=O) groups excluding carboxylic acids is 1. The molecule has 9 nitrogen and oxygen atoms in total. The maximum atomic E-state index is 12.2. The average Bonchev–Trinajstić information content (AvgIpc) is 3.11. The molecule has 2 atom stereocenters. The minimum absolute atomic E-state index is 0.100. The molecule has 0 aromatic heterocycles. The highest BCUT2D eigenvalue weighted by molar-refractivity contribution is 5.70. The van der Waals surface area contributed by atoms with Gasteiger partial charge in [-0.3, -0.25) is 14.6 Å². The van der Waals surface area contributed by atoms with Gasteiger partial charge in [0.15, 0.2) is 34.5 Å². The molecule has 4 aromatic carbocycles. The highest BCUT2D eigenvalue weighted by Gasteiger charge is 2.29. The largest absolute Gasteiger partial charge is 0.497 e. The fourth-order valence-electron chi connectivity index (χ4n) is 7.08. The lowest BCUT2D eigenvalue weighted by atomic mass is 9.88. The van der Waals surface area contributed by atoms with E-state index in [9.17, 15) is 4.79 Å². The summed E-state index contributed by atoms with van der Waals surface area (Å²) in [6, 6.07) is 22.6. The first kappa shape index (κ1) is 34.1. The molecule has 2 aliphatic rings. The first-order valence-corrected chi connectivity index (χ1v) is 16.7. The van der Waals surface area contributed by atoms with Crippen LogP contribution in [-0.2, 0) is 30.5 Å². The van der Waals surface area contributed by atoms with Crippen molar-refractivity contribution in [3.8, 4) is 40.2 Å². The van der Waals surface area contributed by atoms with E-state index in [4.69, 9.17) is 28.4 Å². The summed E-state index contributed by atoms with van der Waals surface area (Å²) in [4.78, 5) is 16.9. The minimum Gasteiger partial charge on any atom is -0.497 e. The van der Waals surface area contributed by atoms with Crippen molar-refractivity contribution in [2.45, 2.75) is 44.7 Å². The van der Waals surface area contributed by atoms with Crippen LogP contribution in [-0.4, -0.2) is 71.4 Å². The second-order valence-electron chi connectivity index (χ2n) is 12.8. The second kappa shape index (κ2) is 14.8. The van der Waals surface area contributed by atoms with Gasteiger partial charge in [0.2, 0.25) is 0 Å². The molecule has 9 heteroatoms. The van der Waals surface area contributed by atoms with Crippen LogP contribution in [0.3, 0.4) is 0 Å². The van der Waals surface area contributed by atoms with Crippen molar-refractivity contribution in [3.63, 3.8) is 0 Å². The van der Waals surface area contributed by atoms with Gasteiger partial charge in [-0.05, 0) is 122 Å². The number of esters is 1. The lowest BCUT2D eigenvalue weighted by molar-refractivity contribution is -0.132. The van der Waals surface area contributed by atoms with E-state index in [1.54, 1.807) is 28.4 Å². The predicted octanol–water partition coefficient (Wildman–Crippen LogP) is 6.98. The number of rotatable bonds is 11. The number of likely N-dealkylation sites (N-methyl/N-ethyl adjacent to an activating group) is 2. The third-order valence-electron chi connectivity index (χ3n) is 9.82. The molecule has 2 aliphatic heterocycles. The van der Waals surface area contributed by atoms with Gasteiger partial charge in [0, 0.05) is 32.1 Å². The Balaban J connectivity index is 1.34. The monoisotopic (exact) mass is 666 g/mol. The molecule has 0 saturated heterocycles. The first-order valence-electron chi connectivity index (χ1n) is 16.7. The minimum atomic E-state index is -0.418. The maximum absolute atomic E-state index is 12.2. The molecule has 49 heavy (non-hydrogen) atoms. The molecule has 0 amide bonds.